The van der Waals surface area contributed by atoms with Crippen LogP contribution in [0, 0.1) is 11.2 Å². The lowest BCUT2D eigenvalue weighted by atomic mass is 9.91. The Hall–Kier alpha value is -2.64. The van der Waals surface area contributed by atoms with Gasteiger partial charge in [-0.25, -0.2) is 9.18 Å². The molecule has 164 valence electrons. The summed E-state index contributed by atoms with van der Waals surface area (Å²) in [5, 5.41) is 5.53. The van der Waals surface area contributed by atoms with Crippen molar-refractivity contribution in [1.82, 2.24) is 15.1 Å². The highest BCUT2D eigenvalue weighted by Crippen LogP contribution is 2.26. The van der Waals surface area contributed by atoms with Crippen LogP contribution in [0.4, 0.5) is 14.9 Å². The van der Waals surface area contributed by atoms with Crippen molar-refractivity contribution in [2.75, 3.05) is 25.0 Å². The normalized spacial score (nSPS) is 21.6. The highest BCUT2D eigenvalue weighted by molar-refractivity contribution is 5.90. The quantitative estimate of drug-likeness (QED) is 0.789. The third-order valence-electron chi connectivity index (χ3n) is 5.48. The van der Waals surface area contributed by atoms with Gasteiger partial charge in [0.2, 0.25) is 11.8 Å². The number of amides is 4. The molecule has 2 fully saturated rings. The third kappa shape index (κ3) is 5.70. The van der Waals surface area contributed by atoms with E-state index < -0.39 is 6.04 Å². The van der Waals surface area contributed by atoms with Crippen molar-refractivity contribution in [3.63, 3.8) is 0 Å². The predicted octanol–water partition coefficient (Wildman–Crippen LogP) is 2.98. The number of urea groups is 1. The largest absolute Gasteiger partial charge is 0.339 e. The fraction of sp³-hybridized carbons (Fsp3) is 0.591. The van der Waals surface area contributed by atoms with Gasteiger partial charge in [-0.05, 0) is 48.9 Å². The molecule has 3 rings (SSSR count). The van der Waals surface area contributed by atoms with Gasteiger partial charge < -0.3 is 20.4 Å². The molecule has 0 saturated carbocycles. The van der Waals surface area contributed by atoms with E-state index in [0.717, 1.165) is 6.42 Å². The molecule has 2 aliphatic heterocycles. The van der Waals surface area contributed by atoms with Crippen LogP contribution in [0.5, 0.6) is 0 Å². The molecule has 7 nitrogen and oxygen atoms in total. The van der Waals surface area contributed by atoms with E-state index in [-0.39, 0.29) is 35.1 Å². The van der Waals surface area contributed by atoms with E-state index in [0.29, 0.717) is 44.6 Å². The van der Waals surface area contributed by atoms with Gasteiger partial charge in [0.1, 0.15) is 11.9 Å². The van der Waals surface area contributed by atoms with Gasteiger partial charge in [0, 0.05) is 37.8 Å². The zero-order chi connectivity index (χ0) is 21.9. The number of rotatable bonds is 4. The molecule has 0 spiro atoms. The fourth-order valence-corrected chi connectivity index (χ4v) is 4.05. The Balaban J connectivity index is 1.51. The molecule has 8 heteroatoms. The molecule has 2 heterocycles. The molecule has 2 atom stereocenters. The second-order valence-electron chi connectivity index (χ2n) is 9.36. The molecule has 1 aromatic carbocycles. The molecular weight excluding hydrogens is 387 g/mol. The van der Waals surface area contributed by atoms with Crippen molar-refractivity contribution < 1.29 is 18.8 Å². The Kier molecular flexibility index (Phi) is 6.63. The minimum Gasteiger partial charge on any atom is -0.339 e. The first-order chi connectivity index (χ1) is 14.1. The molecule has 2 aliphatic rings. The lowest BCUT2D eigenvalue weighted by Crippen LogP contribution is -2.48. The average Bonchev–Trinajstić information content (AvgIpc) is 3.31. The van der Waals surface area contributed by atoms with Crippen LogP contribution in [0.3, 0.4) is 0 Å². The number of halogens is 1. The fourth-order valence-electron chi connectivity index (χ4n) is 4.05. The zero-order valence-electron chi connectivity index (χ0n) is 17.9. The van der Waals surface area contributed by atoms with Gasteiger partial charge in [0.15, 0.2) is 0 Å². The first-order valence-corrected chi connectivity index (χ1v) is 10.5. The van der Waals surface area contributed by atoms with Crippen molar-refractivity contribution in [3.8, 4) is 0 Å². The van der Waals surface area contributed by atoms with E-state index in [9.17, 15) is 18.8 Å². The molecule has 0 radical (unpaired) electrons. The summed E-state index contributed by atoms with van der Waals surface area (Å²) in [5.74, 6) is -0.364. The van der Waals surface area contributed by atoms with Crippen molar-refractivity contribution >= 4 is 23.5 Å². The predicted molar refractivity (Wildman–Crippen MR) is 112 cm³/mol. The van der Waals surface area contributed by atoms with E-state index in [1.807, 2.05) is 20.8 Å². The first-order valence-electron chi connectivity index (χ1n) is 10.5. The molecule has 0 aliphatic carbocycles. The summed E-state index contributed by atoms with van der Waals surface area (Å²) in [7, 11) is 0. The number of anilines is 1. The van der Waals surface area contributed by atoms with Gasteiger partial charge in [0.25, 0.3) is 0 Å². The Morgan fingerprint density at radius 2 is 1.80 bits per heavy atom. The topological polar surface area (TPSA) is 81.8 Å². The Bertz CT molecular complexity index is 791. The highest BCUT2D eigenvalue weighted by Gasteiger charge is 2.39. The van der Waals surface area contributed by atoms with E-state index in [4.69, 9.17) is 0 Å². The van der Waals surface area contributed by atoms with Gasteiger partial charge in [-0.2, -0.15) is 0 Å². The monoisotopic (exact) mass is 418 g/mol. The molecule has 30 heavy (non-hydrogen) atoms. The lowest BCUT2D eigenvalue weighted by Gasteiger charge is -2.30. The summed E-state index contributed by atoms with van der Waals surface area (Å²) < 4.78 is 13.0. The standard InChI is InChI=1S/C22H31FN4O3/c1-22(2,3)13-19(28)27-11-4-5-18(27)20(29)26-12-10-17(14-26)25-21(30)24-16-8-6-15(23)7-9-16/h6-9,17-18H,4-5,10-14H2,1-3H3,(H2,24,25,30). The molecule has 2 N–H and O–H groups in total. The Morgan fingerprint density at radius 3 is 2.47 bits per heavy atom. The van der Waals surface area contributed by atoms with E-state index in [1.54, 1.807) is 9.80 Å². The summed E-state index contributed by atoms with van der Waals surface area (Å²) in [6, 6.07) is 4.59. The maximum atomic E-state index is 13.1. The summed E-state index contributed by atoms with van der Waals surface area (Å²) in [5.41, 5.74) is 0.382. The van der Waals surface area contributed by atoms with Gasteiger partial charge in [0.05, 0.1) is 0 Å². The smallest absolute Gasteiger partial charge is 0.319 e. The Labute approximate surface area is 177 Å². The van der Waals surface area contributed by atoms with Gasteiger partial charge in [-0.3, -0.25) is 9.59 Å². The highest BCUT2D eigenvalue weighted by atomic mass is 19.1. The number of nitrogens with one attached hydrogen (secondary N) is 2. The molecule has 2 unspecified atom stereocenters. The number of hydrogen-bond donors (Lipinski definition) is 2. The van der Waals surface area contributed by atoms with Gasteiger partial charge in [-0.15, -0.1) is 0 Å². The maximum Gasteiger partial charge on any atom is 0.319 e. The molecule has 4 amide bonds. The van der Waals surface area contributed by atoms with Crippen molar-refractivity contribution in [2.24, 2.45) is 5.41 Å². The van der Waals surface area contributed by atoms with Crippen LogP contribution < -0.4 is 10.6 Å². The lowest BCUT2D eigenvalue weighted by molar-refractivity contribution is -0.144. The van der Waals surface area contributed by atoms with Crippen LogP contribution in [0.2, 0.25) is 0 Å². The molecule has 2 saturated heterocycles. The molecule has 1 aromatic rings. The van der Waals surface area contributed by atoms with E-state index >= 15 is 0 Å². The SMILES string of the molecule is CC(C)(C)CC(=O)N1CCCC1C(=O)N1CCC(NC(=O)Nc2ccc(F)cc2)C1. The van der Waals surface area contributed by atoms with Crippen molar-refractivity contribution in [1.29, 1.82) is 0 Å². The van der Waals surface area contributed by atoms with Gasteiger partial charge >= 0.3 is 6.03 Å². The number of likely N-dealkylation sites (tertiary alicyclic amines) is 2. The third-order valence-corrected chi connectivity index (χ3v) is 5.48. The molecule has 0 bridgehead atoms. The summed E-state index contributed by atoms with van der Waals surface area (Å²) in [6.07, 6.45) is 2.60. The molecule has 0 aromatic heterocycles. The molecular formula is C22H31FN4O3. The number of hydrogen-bond acceptors (Lipinski definition) is 3. The van der Waals surface area contributed by atoms with E-state index in [1.165, 1.54) is 24.3 Å². The van der Waals surface area contributed by atoms with E-state index in [2.05, 4.69) is 10.6 Å². The van der Waals surface area contributed by atoms with Crippen molar-refractivity contribution in [2.45, 2.75) is 58.5 Å². The number of benzene rings is 1. The van der Waals surface area contributed by atoms with Crippen LogP contribution in [-0.4, -0.2) is 59.4 Å². The van der Waals surface area contributed by atoms with Crippen molar-refractivity contribution in [3.05, 3.63) is 30.1 Å². The second-order valence-corrected chi connectivity index (χ2v) is 9.36. The van der Waals surface area contributed by atoms with Gasteiger partial charge in [-0.1, -0.05) is 20.8 Å². The van der Waals surface area contributed by atoms with Crippen LogP contribution >= 0.6 is 0 Å². The average molecular weight is 419 g/mol. The zero-order valence-corrected chi connectivity index (χ0v) is 17.9. The number of carbonyl (C=O) groups excluding carboxylic acids is 3. The number of nitrogens with zero attached hydrogens (tertiary/aromatic N) is 2. The maximum absolute atomic E-state index is 13.1. The first kappa shape index (κ1) is 22.1. The second kappa shape index (κ2) is 9.02. The summed E-state index contributed by atoms with van der Waals surface area (Å²) >= 11 is 0. The summed E-state index contributed by atoms with van der Waals surface area (Å²) in [6.45, 7) is 7.66. The minimum atomic E-state index is -0.397. The van der Waals surface area contributed by atoms with Crippen LogP contribution in [-0.2, 0) is 9.59 Å². The number of carbonyl (C=O) groups is 3. The Morgan fingerprint density at radius 1 is 1.10 bits per heavy atom. The van der Waals surface area contributed by atoms with Crippen LogP contribution in [0.1, 0.15) is 46.5 Å². The summed E-state index contributed by atoms with van der Waals surface area (Å²) in [4.78, 5) is 41.4. The van der Waals surface area contributed by atoms with Crippen LogP contribution in [0.15, 0.2) is 24.3 Å². The van der Waals surface area contributed by atoms with Crippen LogP contribution in [0.25, 0.3) is 0 Å². The minimum absolute atomic E-state index is 0.0296.